The Balaban J connectivity index is 1.58. The van der Waals surface area contributed by atoms with Gasteiger partial charge >= 0.3 is 5.97 Å². The highest BCUT2D eigenvalue weighted by Crippen LogP contribution is 2.26. The molecule has 28 heavy (non-hydrogen) atoms. The van der Waals surface area contributed by atoms with Crippen molar-refractivity contribution in [2.45, 2.75) is 0 Å². The number of carbonyl (C=O) groups excluding carboxylic acids is 1. The Morgan fingerprint density at radius 2 is 1.71 bits per heavy atom. The van der Waals surface area contributed by atoms with Crippen LogP contribution in [0.5, 0.6) is 11.5 Å². The number of hydrogen-bond acceptors (Lipinski definition) is 4. The van der Waals surface area contributed by atoms with E-state index in [9.17, 15) is 9.59 Å². The smallest absolute Gasteiger partial charge is 0.335 e. The Morgan fingerprint density at radius 1 is 0.929 bits per heavy atom. The van der Waals surface area contributed by atoms with E-state index < -0.39 is 11.9 Å². The summed E-state index contributed by atoms with van der Waals surface area (Å²) in [6, 6.07) is 18.5. The molecule has 7 nitrogen and oxygen atoms in total. The summed E-state index contributed by atoms with van der Waals surface area (Å²) in [6.45, 7) is 0. The number of carboxylic acid groups (broad SMARTS) is 1. The molecular weight excluding hydrogens is 358 g/mol. The predicted octanol–water partition coefficient (Wildman–Crippen LogP) is 3.82. The number of amides is 1. The number of benzene rings is 3. The van der Waals surface area contributed by atoms with Gasteiger partial charge in [0.25, 0.3) is 0 Å². The van der Waals surface area contributed by atoms with Crippen molar-refractivity contribution in [3.05, 3.63) is 77.9 Å². The van der Waals surface area contributed by atoms with Crippen LogP contribution in [0.4, 0.5) is 0 Å². The number of fused-ring (bicyclic) bond motifs is 1. The molecule has 0 aliphatic rings. The second-order valence-electron chi connectivity index (χ2n) is 6.14. The molecule has 4 N–H and O–H groups in total. The molecule has 138 valence electrons. The first-order valence-electron chi connectivity index (χ1n) is 8.41. The van der Waals surface area contributed by atoms with Gasteiger partial charge in [0.15, 0.2) is 0 Å². The fourth-order valence-electron chi connectivity index (χ4n) is 2.81. The average Bonchev–Trinajstić information content (AvgIpc) is 3.12. The molecule has 0 unspecified atom stereocenters. The second kappa shape index (κ2) is 6.88. The van der Waals surface area contributed by atoms with Gasteiger partial charge in [-0.1, -0.05) is 6.07 Å². The van der Waals surface area contributed by atoms with Crippen molar-refractivity contribution in [1.82, 2.24) is 9.97 Å². The van der Waals surface area contributed by atoms with Crippen LogP contribution in [0.15, 0.2) is 66.7 Å². The normalized spacial score (nSPS) is 10.7. The third kappa shape index (κ3) is 3.41. The summed E-state index contributed by atoms with van der Waals surface area (Å²) < 4.78 is 5.72. The van der Waals surface area contributed by atoms with Crippen molar-refractivity contribution in [3.8, 4) is 22.9 Å². The molecule has 7 heteroatoms. The van der Waals surface area contributed by atoms with Crippen LogP contribution in [0.3, 0.4) is 0 Å². The lowest BCUT2D eigenvalue weighted by Crippen LogP contribution is -2.10. The number of primary amides is 1. The number of H-pyrrole nitrogens is 1. The number of aromatic amines is 1. The zero-order valence-electron chi connectivity index (χ0n) is 14.5. The molecule has 0 radical (unpaired) electrons. The van der Waals surface area contributed by atoms with Crippen LogP contribution in [-0.4, -0.2) is 27.0 Å². The Bertz CT molecular complexity index is 1200. The minimum absolute atomic E-state index is 0.159. The van der Waals surface area contributed by atoms with E-state index in [1.54, 1.807) is 42.5 Å². The van der Waals surface area contributed by atoms with Crippen molar-refractivity contribution in [1.29, 1.82) is 0 Å². The lowest BCUT2D eigenvalue weighted by atomic mass is 10.2. The van der Waals surface area contributed by atoms with E-state index >= 15 is 0 Å². The lowest BCUT2D eigenvalue weighted by Gasteiger charge is -2.07. The molecule has 1 aromatic heterocycles. The second-order valence-corrected chi connectivity index (χ2v) is 6.14. The first-order chi connectivity index (χ1) is 13.5. The standard InChI is InChI=1S/C21H15N3O4/c22-19(25)13-6-9-17-18(11-13)24-20(23-17)12-4-7-15(8-5-12)28-16-3-1-2-14(10-16)21(26)27/h1-11H,(H2,22,25)(H,23,24)(H,26,27). The summed E-state index contributed by atoms with van der Waals surface area (Å²) in [5.41, 5.74) is 8.16. The third-order valence-electron chi connectivity index (χ3n) is 4.21. The molecule has 0 saturated carbocycles. The quantitative estimate of drug-likeness (QED) is 0.491. The highest BCUT2D eigenvalue weighted by molar-refractivity contribution is 5.96. The molecule has 3 aromatic carbocycles. The van der Waals surface area contributed by atoms with Crippen LogP contribution in [0.1, 0.15) is 20.7 Å². The van der Waals surface area contributed by atoms with E-state index in [1.165, 1.54) is 12.1 Å². The van der Waals surface area contributed by atoms with Gasteiger partial charge in [-0.25, -0.2) is 9.78 Å². The number of rotatable bonds is 5. The molecule has 0 aliphatic carbocycles. The average molecular weight is 373 g/mol. The van der Waals surface area contributed by atoms with Gasteiger partial charge in [-0.3, -0.25) is 4.79 Å². The lowest BCUT2D eigenvalue weighted by molar-refractivity contribution is 0.0696. The van der Waals surface area contributed by atoms with Crippen LogP contribution >= 0.6 is 0 Å². The van der Waals surface area contributed by atoms with E-state index in [-0.39, 0.29) is 5.56 Å². The number of nitrogens with two attached hydrogens (primary N) is 1. The maximum atomic E-state index is 11.3. The van der Waals surface area contributed by atoms with Gasteiger partial charge in [0.1, 0.15) is 17.3 Å². The maximum absolute atomic E-state index is 11.3. The number of nitrogens with zero attached hydrogens (tertiary/aromatic N) is 1. The van der Waals surface area contributed by atoms with Gasteiger partial charge in [-0.15, -0.1) is 0 Å². The van der Waals surface area contributed by atoms with E-state index in [4.69, 9.17) is 15.6 Å². The summed E-state index contributed by atoms with van der Waals surface area (Å²) in [6.07, 6.45) is 0. The van der Waals surface area contributed by atoms with Crippen molar-refractivity contribution < 1.29 is 19.4 Å². The molecule has 0 fully saturated rings. The Hall–Kier alpha value is -4.13. The number of imidazole rings is 1. The summed E-state index contributed by atoms with van der Waals surface area (Å²) in [4.78, 5) is 30.0. The van der Waals surface area contributed by atoms with Gasteiger partial charge in [-0.2, -0.15) is 0 Å². The number of ether oxygens (including phenoxy) is 1. The van der Waals surface area contributed by atoms with E-state index in [1.807, 2.05) is 12.1 Å². The monoisotopic (exact) mass is 373 g/mol. The zero-order chi connectivity index (χ0) is 19.7. The molecule has 0 spiro atoms. The van der Waals surface area contributed by atoms with Crippen molar-refractivity contribution in [2.24, 2.45) is 5.73 Å². The minimum Gasteiger partial charge on any atom is -0.478 e. The largest absolute Gasteiger partial charge is 0.478 e. The van der Waals surface area contributed by atoms with Crippen LogP contribution in [0.2, 0.25) is 0 Å². The first kappa shape index (κ1) is 17.3. The maximum Gasteiger partial charge on any atom is 0.335 e. The number of aromatic nitrogens is 2. The molecular formula is C21H15N3O4. The topological polar surface area (TPSA) is 118 Å². The van der Waals surface area contributed by atoms with E-state index in [2.05, 4.69) is 9.97 Å². The number of hydrogen-bond donors (Lipinski definition) is 3. The molecule has 4 rings (SSSR count). The number of aromatic carboxylic acids is 1. The summed E-state index contributed by atoms with van der Waals surface area (Å²) in [5, 5.41) is 9.05. The number of carbonyl (C=O) groups is 2. The zero-order valence-corrected chi connectivity index (χ0v) is 14.5. The fourth-order valence-corrected chi connectivity index (χ4v) is 2.81. The molecule has 0 aliphatic heterocycles. The van der Waals surface area contributed by atoms with Gasteiger partial charge in [0.05, 0.1) is 16.6 Å². The Morgan fingerprint density at radius 3 is 2.43 bits per heavy atom. The highest BCUT2D eigenvalue weighted by atomic mass is 16.5. The Labute approximate surface area is 159 Å². The minimum atomic E-state index is -1.01. The molecule has 4 aromatic rings. The first-order valence-corrected chi connectivity index (χ1v) is 8.41. The third-order valence-corrected chi connectivity index (χ3v) is 4.21. The molecule has 0 bridgehead atoms. The molecule has 1 heterocycles. The van der Waals surface area contributed by atoms with Crippen LogP contribution in [-0.2, 0) is 0 Å². The number of carboxylic acids is 1. The summed E-state index contributed by atoms with van der Waals surface area (Å²) >= 11 is 0. The van der Waals surface area contributed by atoms with Crippen molar-refractivity contribution in [2.75, 3.05) is 0 Å². The van der Waals surface area contributed by atoms with Gasteiger partial charge in [-0.05, 0) is 60.7 Å². The molecule has 0 saturated heterocycles. The van der Waals surface area contributed by atoms with Crippen LogP contribution in [0.25, 0.3) is 22.4 Å². The van der Waals surface area contributed by atoms with E-state index in [0.717, 1.165) is 16.6 Å². The SMILES string of the molecule is NC(=O)c1ccc2nc(-c3ccc(Oc4cccc(C(=O)O)c4)cc3)[nH]c2c1. The summed E-state index contributed by atoms with van der Waals surface area (Å²) in [7, 11) is 0. The van der Waals surface area contributed by atoms with Crippen LogP contribution in [0, 0.1) is 0 Å². The number of nitrogens with one attached hydrogen (secondary N) is 1. The highest BCUT2D eigenvalue weighted by Gasteiger charge is 2.09. The van der Waals surface area contributed by atoms with Gasteiger partial charge in [0.2, 0.25) is 5.91 Å². The predicted molar refractivity (Wildman–Crippen MR) is 104 cm³/mol. The molecule has 1 amide bonds. The fraction of sp³-hybridized carbons (Fsp3) is 0. The van der Waals surface area contributed by atoms with Crippen LogP contribution < -0.4 is 10.5 Å². The summed E-state index contributed by atoms with van der Waals surface area (Å²) in [5.74, 6) is 0.154. The van der Waals surface area contributed by atoms with Crippen molar-refractivity contribution >= 4 is 22.9 Å². The Kier molecular flexibility index (Phi) is 4.25. The van der Waals surface area contributed by atoms with Gasteiger partial charge in [0, 0.05) is 11.1 Å². The van der Waals surface area contributed by atoms with Crippen molar-refractivity contribution in [3.63, 3.8) is 0 Å². The van der Waals surface area contributed by atoms with Gasteiger partial charge < -0.3 is 20.6 Å². The molecule has 0 atom stereocenters. The van der Waals surface area contributed by atoms with E-state index in [0.29, 0.717) is 22.9 Å².